The minimum absolute atomic E-state index is 0.0149. The maximum atomic E-state index is 12.5. The van der Waals surface area contributed by atoms with Crippen LogP contribution in [0.1, 0.15) is 18.5 Å². The summed E-state index contributed by atoms with van der Waals surface area (Å²) in [4.78, 5) is 21.0. The van der Waals surface area contributed by atoms with Gasteiger partial charge >= 0.3 is 6.03 Å². The molecule has 2 aromatic rings. The highest BCUT2D eigenvalue weighted by atomic mass is 79.9. The summed E-state index contributed by atoms with van der Waals surface area (Å²) in [6.07, 6.45) is 1.80. The summed E-state index contributed by atoms with van der Waals surface area (Å²) in [6.45, 7) is 5.00. The van der Waals surface area contributed by atoms with Crippen LogP contribution in [0.2, 0.25) is 0 Å². The van der Waals surface area contributed by atoms with Crippen LogP contribution in [-0.2, 0) is 0 Å². The van der Waals surface area contributed by atoms with E-state index in [9.17, 15) is 4.79 Å². The van der Waals surface area contributed by atoms with E-state index in [4.69, 9.17) is 0 Å². The smallest absolute Gasteiger partial charge is 0.317 e. The Hall–Kier alpha value is -2.08. The van der Waals surface area contributed by atoms with E-state index in [0.29, 0.717) is 13.1 Å². The molecule has 1 aromatic carbocycles. The number of benzene rings is 1. The van der Waals surface area contributed by atoms with Gasteiger partial charge in [-0.05, 0) is 30.7 Å². The van der Waals surface area contributed by atoms with Crippen LogP contribution >= 0.6 is 15.9 Å². The van der Waals surface area contributed by atoms with Gasteiger partial charge in [0.15, 0.2) is 0 Å². The van der Waals surface area contributed by atoms with Crippen molar-refractivity contribution >= 4 is 27.8 Å². The molecule has 1 aliphatic heterocycles. The first-order valence-corrected chi connectivity index (χ1v) is 8.90. The molecule has 1 aliphatic rings. The number of carbonyl (C=O) groups excluding carboxylic acids is 1. The zero-order valence-electron chi connectivity index (χ0n) is 13.7. The lowest BCUT2D eigenvalue weighted by Gasteiger charge is -2.36. The van der Waals surface area contributed by atoms with Crippen molar-refractivity contribution in [1.82, 2.24) is 15.2 Å². The zero-order valence-corrected chi connectivity index (χ0v) is 15.2. The monoisotopic (exact) mass is 388 g/mol. The summed E-state index contributed by atoms with van der Waals surface area (Å²) in [7, 11) is 0. The molecule has 2 heterocycles. The highest BCUT2D eigenvalue weighted by Crippen LogP contribution is 2.23. The molecule has 1 atom stereocenters. The number of nitrogens with zero attached hydrogens (tertiary/aromatic N) is 3. The summed E-state index contributed by atoms with van der Waals surface area (Å²) in [5.74, 6) is 0.971. The largest absolute Gasteiger partial charge is 0.353 e. The molecule has 6 heteroatoms. The molecule has 5 nitrogen and oxygen atoms in total. The third kappa shape index (κ3) is 3.87. The van der Waals surface area contributed by atoms with Crippen LogP contribution in [0.3, 0.4) is 0 Å². The van der Waals surface area contributed by atoms with Gasteiger partial charge in [0.2, 0.25) is 0 Å². The lowest BCUT2D eigenvalue weighted by molar-refractivity contribution is 0.191. The number of halogens is 1. The van der Waals surface area contributed by atoms with E-state index in [1.54, 1.807) is 6.20 Å². The van der Waals surface area contributed by atoms with Crippen molar-refractivity contribution in [3.63, 3.8) is 0 Å². The SMILES string of the molecule is CC(NC(=O)N1CCN(c2ccccn2)CC1)c1ccccc1Br. The van der Waals surface area contributed by atoms with Crippen molar-refractivity contribution in [1.29, 1.82) is 0 Å². The number of aromatic nitrogens is 1. The molecule has 1 saturated heterocycles. The number of urea groups is 1. The quantitative estimate of drug-likeness (QED) is 0.875. The second-order valence-electron chi connectivity index (χ2n) is 5.85. The average Bonchev–Trinajstić information content (AvgIpc) is 2.63. The molecular formula is C18H21BrN4O. The van der Waals surface area contributed by atoms with Crippen LogP contribution in [0.15, 0.2) is 53.1 Å². The van der Waals surface area contributed by atoms with Crippen LogP contribution in [0.4, 0.5) is 10.6 Å². The molecule has 1 unspecified atom stereocenters. The van der Waals surface area contributed by atoms with Gasteiger partial charge in [0, 0.05) is 36.8 Å². The maximum absolute atomic E-state index is 12.5. The second-order valence-corrected chi connectivity index (χ2v) is 6.71. The molecule has 3 rings (SSSR count). The van der Waals surface area contributed by atoms with Crippen molar-refractivity contribution in [2.24, 2.45) is 0 Å². The Balaban J connectivity index is 1.55. The number of hydrogen-bond donors (Lipinski definition) is 1. The van der Waals surface area contributed by atoms with Crippen molar-refractivity contribution < 1.29 is 4.79 Å². The van der Waals surface area contributed by atoms with Crippen LogP contribution in [0.25, 0.3) is 0 Å². The number of hydrogen-bond acceptors (Lipinski definition) is 3. The molecule has 24 heavy (non-hydrogen) atoms. The standard InChI is InChI=1S/C18H21BrN4O/c1-14(15-6-2-3-7-16(15)19)21-18(24)23-12-10-22(11-13-23)17-8-4-5-9-20-17/h2-9,14H,10-13H2,1H3,(H,21,24). The summed E-state index contributed by atoms with van der Waals surface area (Å²) >= 11 is 3.54. The predicted octanol–water partition coefficient (Wildman–Crippen LogP) is 3.44. The molecule has 2 amide bonds. The number of anilines is 1. The highest BCUT2D eigenvalue weighted by molar-refractivity contribution is 9.10. The number of nitrogens with one attached hydrogen (secondary N) is 1. The average molecular weight is 389 g/mol. The topological polar surface area (TPSA) is 48.5 Å². The third-order valence-electron chi connectivity index (χ3n) is 4.25. The van der Waals surface area contributed by atoms with Crippen molar-refractivity contribution in [2.75, 3.05) is 31.1 Å². The zero-order chi connectivity index (χ0) is 16.9. The predicted molar refractivity (Wildman–Crippen MR) is 99.1 cm³/mol. The minimum Gasteiger partial charge on any atom is -0.353 e. The fraction of sp³-hybridized carbons (Fsp3) is 0.333. The van der Waals surface area contributed by atoms with Crippen LogP contribution in [-0.4, -0.2) is 42.1 Å². The van der Waals surface area contributed by atoms with Crippen molar-refractivity contribution in [2.45, 2.75) is 13.0 Å². The first-order valence-electron chi connectivity index (χ1n) is 8.11. The molecular weight excluding hydrogens is 368 g/mol. The van der Waals surface area contributed by atoms with Crippen LogP contribution in [0.5, 0.6) is 0 Å². The number of piperazine rings is 1. The Morgan fingerprint density at radius 1 is 1.12 bits per heavy atom. The summed E-state index contributed by atoms with van der Waals surface area (Å²) in [6, 6.07) is 13.8. The Bertz CT molecular complexity index is 686. The molecule has 1 fully saturated rings. The first-order chi connectivity index (χ1) is 11.6. The first kappa shape index (κ1) is 16.8. The third-order valence-corrected chi connectivity index (χ3v) is 4.97. The van der Waals surface area contributed by atoms with Crippen molar-refractivity contribution in [3.8, 4) is 0 Å². The van der Waals surface area contributed by atoms with Gasteiger partial charge in [-0.3, -0.25) is 0 Å². The Labute approximate surface area is 150 Å². The van der Waals surface area contributed by atoms with Gasteiger partial charge in [-0.15, -0.1) is 0 Å². The Morgan fingerprint density at radius 2 is 1.83 bits per heavy atom. The molecule has 1 aromatic heterocycles. The van der Waals surface area contributed by atoms with Gasteiger partial charge < -0.3 is 15.1 Å². The molecule has 0 radical (unpaired) electrons. The van der Waals surface area contributed by atoms with Crippen molar-refractivity contribution in [3.05, 3.63) is 58.7 Å². The highest BCUT2D eigenvalue weighted by Gasteiger charge is 2.23. The molecule has 0 saturated carbocycles. The van der Waals surface area contributed by atoms with Gasteiger partial charge in [0.05, 0.1) is 6.04 Å². The Kier molecular flexibility index (Phi) is 5.35. The molecule has 126 valence electrons. The van der Waals surface area contributed by atoms with E-state index < -0.39 is 0 Å². The molecule has 0 aliphatic carbocycles. The van der Waals surface area contributed by atoms with E-state index in [-0.39, 0.29) is 12.1 Å². The lowest BCUT2D eigenvalue weighted by Crippen LogP contribution is -2.52. The fourth-order valence-corrected chi connectivity index (χ4v) is 3.49. The van der Waals surface area contributed by atoms with Gasteiger partial charge in [0.1, 0.15) is 5.82 Å². The fourth-order valence-electron chi connectivity index (χ4n) is 2.86. The van der Waals surface area contributed by atoms with E-state index >= 15 is 0 Å². The maximum Gasteiger partial charge on any atom is 0.317 e. The normalized spacial score (nSPS) is 15.9. The van der Waals surface area contributed by atoms with Gasteiger partial charge in [0.25, 0.3) is 0 Å². The summed E-state index contributed by atoms with van der Waals surface area (Å²) in [5.41, 5.74) is 1.08. The molecule has 0 bridgehead atoms. The van der Waals surface area contributed by atoms with E-state index in [1.165, 1.54) is 0 Å². The van der Waals surface area contributed by atoms with E-state index in [0.717, 1.165) is 28.9 Å². The molecule has 1 N–H and O–H groups in total. The van der Waals surface area contributed by atoms with Crippen LogP contribution < -0.4 is 10.2 Å². The summed E-state index contributed by atoms with van der Waals surface area (Å²) < 4.78 is 1.01. The van der Waals surface area contributed by atoms with Gasteiger partial charge in [-0.25, -0.2) is 9.78 Å². The van der Waals surface area contributed by atoms with Gasteiger partial charge in [-0.2, -0.15) is 0 Å². The number of pyridine rings is 1. The molecule has 0 spiro atoms. The van der Waals surface area contributed by atoms with E-state index in [1.807, 2.05) is 54.3 Å². The number of amides is 2. The van der Waals surface area contributed by atoms with Crippen LogP contribution in [0, 0.1) is 0 Å². The number of carbonyl (C=O) groups is 1. The van der Waals surface area contributed by atoms with E-state index in [2.05, 4.69) is 31.1 Å². The second kappa shape index (κ2) is 7.66. The lowest BCUT2D eigenvalue weighted by atomic mass is 10.1. The minimum atomic E-state index is -0.0399. The van der Waals surface area contributed by atoms with Gasteiger partial charge in [-0.1, -0.05) is 40.2 Å². The number of rotatable bonds is 3. The Morgan fingerprint density at radius 3 is 2.50 bits per heavy atom. The summed E-state index contributed by atoms with van der Waals surface area (Å²) in [5, 5.41) is 3.08.